The standard InChI is InChI=1S/C19H23ClN2O3S/c1-4-22(5-2)26(24,25)16-11-12-18(20)17(13-16)19(23)21-14(3)15-9-7-6-8-10-15/h6-14H,4-5H2,1-3H3,(H,21,23)/t14-/m0/s1. The van der Waals surface area contributed by atoms with Crippen LogP contribution in [0.4, 0.5) is 0 Å². The van der Waals surface area contributed by atoms with Crippen molar-refractivity contribution < 1.29 is 13.2 Å². The fraction of sp³-hybridized carbons (Fsp3) is 0.316. The number of carbonyl (C=O) groups is 1. The van der Waals surface area contributed by atoms with Crippen LogP contribution in [0.25, 0.3) is 0 Å². The largest absolute Gasteiger partial charge is 0.345 e. The van der Waals surface area contributed by atoms with Gasteiger partial charge in [0, 0.05) is 13.1 Å². The zero-order chi connectivity index (χ0) is 19.3. The molecule has 0 aliphatic rings. The predicted octanol–water partition coefficient (Wildman–Crippen LogP) is 3.86. The Morgan fingerprint density at radius 3 is 2.31 bits per heavy atom. The van der Waals surface area contributed by atoms with Gasteiger partial charge in [0.25, 0.3) is 5.91 Å². The van der Waals surface area contributed by atoms with Crippen molar-refractivity contribution in [2.75, 3.05) is 13.1 Å². The van der Waals surface area contributed by atoms with Crippen molar-refractivity contribution in [3.8, 4) is 0 Å². The van der Waals surface area contributed by atoms with Crippen LogP contribution in [0.1, 0.15) is 42.7 Å². The highest BCUT2D eigenvalue weighted by molar-refractivity contribution is 7.89. The van der Waals surface area contributed by atoms with E-state index in [0.717, 1.165) is 5.56 Å². The molecule has 0 aliphatic heterocycles. The Bertz CT molecular complexity index is 866. The number of hydrogen-bond acceptors (Lipinski definition) is 3. The number of halogens is 1. The SMILES string of the molecule is CCN(CC)S(=O)(=O)c1ccc(Cl)c(C(=O)N[C@@H](C)c2ccccc2)c1. The predicted molar refractivity (Wildman–Crippen MR) is 104 cm³/mol. The maximum Gasteiger partial charge on any atom is 0.253 e. The van der Waals surface area contributed by atoms with Crippen LogP contribution in [0.15, 0.2) is 53.4 Å². The number of sulfonamides is 1. The second-order valence-corrected chi connectivity index (χ2v) is 8.18. The van der Waals surface area contributed by atoms with Gasteiger partial charge in [-0.1, -0.05) is 55.8 Å². The van der Waals surface area contributed by atoms with E-state index in [1.54, 1.807) is 13.8 Å². The van der Waals surface area contributed by atoms with E-state index >= 15 is 0 Å². The van der Waals surface area contributed by atoms with Crippen molar-refractivity contribution in [1.29, 1.82) is 0 Å². The summed E-state index contributed by atoms with van der Waals surface area (Å²) in [5.74, 6) is -0.414. The van der Waals surface area contributed by atoms with Crippen molar-refractivity contribution >= 4 is 27.5 Å². The molecule has 2 aromatic carbocycles. The molecule has 2 aromatic rings. The van der Waals surface area contributed by atoms with Crippen molar-refractivity contribution in [3.63, 3.8) is 0 Å². The summed E-state index contributed by atoms with van der Waals surface area (Å²) >= 11 is 6.15. The third kappa shape index (κ3) is 4.44. The third-order valence-corrected chi connectivity index (χ3v) is 6.55. The first-order valence-corrected chi connectivity index (χ1v) is 10.3. The van der Waals surface area contributed by atoms with Crippen molar-refractivity contribution in [3.05, 3.63) is 64.7 Å². The fourth-order valence-electron chi connectivity index (χ4n) is 2.65. The monoisotopic (exact) mass is 394 g/mol. The molecule has 1 atom stereocenters. The third-order valence-electron chi connectivity index (χ3n) is 4.17. The Hall–Kier alpha value is -1.89. The quantitative estimate of drug-likeness (QED) is 0.775. The molecule has 0 saturated carbocycles. The molecular weight excluding hydrogens is 372 g/mol. The molecule has 0 spiro atoms. The molecule has 0 radical (unpaired) electrons. The summed E-state index contributed by atoms with van der Waals surface area (Å²) in [5, 5.41) is 3.07. The Balaban J connectivity index is 2.31. The summed E-state index contributed by atoms with van der Waals surface area (Å²) in [7, 11) is -3.66. The minimum atomic E-state index is -3.66. The van der Waals surface area contributed by atoms with E-state index in [2.05, 4.69) is 5.32 Å². The number of rotatable bonds is 7. The number of nitrogens with zero attached hydrogens (tertiary/aromatic N) is 1. The van der Waals surface area contributed by atoms with E-state index in [1.807, 2.05) is 37.3 Å². The zero-order valence-electron chi connectivity index (χ0n) is 15.1. The van der Waals surface area contributed by atoms with Gasteiger partial charge in [0.15, 0.2) is 0 Å². The average molecular weight is 395 g/mol. The highest BCUT2D eigenvalue weighted by Crippen LogP contribution is 2.24. The van der Waals surface area contributed by atoms with Crippen LogP contribution in [0.2, 0.25) is 5.02 Å². The number of hydrogen-bond donors (Lipinski definition) is 1. The first-order chi connectivity index (χ1) is 12.3. The highest BCUT2D eigenvalue weighted by atomic mass is 35.5. The minimum absolute atomic E-state index is 0.0584. The lowest BCUT2D eigenvalue weighted by Gasteiger charge is -2.19. The Morgan fingerprint density at radius 2 is 1.73 bits per heavy atom. The molecule has 1 amide bonds. The summed E-state index contributed by atoms with van der Waals surface area (Å²) < 4.78 is 26.7. The van der Waals surface area contributed by atoms with Gasteiger partial charge in [0.2, 0.25) is 10.0 Å². The maximum atomic E-state index is 12.7. The molecule has 140 valence electrons. The summed E-state index contributed by atoms with van der Waals surface area (Å²) in [6, 6.07) is 13.5. The summed E-state index contributed by atoms with van der Waals surface area (Å²) in [4.78, 5) is 12.7. The van der Waals surface area contributed by atoms with Crippen molar-refractivity contribution in [1.82, 2.24) is 9.62 Å². The van der Waals surface area contributed by atoms with Crippen molar-refractivity contribution in [2.45, 2.75) is 31.7 Å². The average Bonchev–Trinajstić information content (AvgIpc) is 2.63. The highest BCUT2D eigenvalue weighted by Gasteiger charge is 2.24. The molecule has 26 heavy (non-hydrogen) atoms. The molecule has 1 N–H and O–H groups in total. The van der Waals surface area contributed by atoms with E-state index < -0.39 is 15.9 Å². The van der Waals surface area contributed by atoms with Crippen molar-refractivity contribution in [2.24, 2.45) is 0 Å². The molecule has 0 unspecified atom stereocenters. The van der Waals surface area contributed by atoms with Gasteiger partial charge >= 0.3 is 0 Å². The first-order valence-electron chi connectivity index (χ1n) is 8.46. The zero-order valence-corrected chi connectivity index (χ0v) is 16.6. The first kappa shape index (κ1) is 20.4. The number of benzene rings is 2. The van der Waals surface area contributed by atoms with Crippen LogP contribution in [0.5, 0.6) is 0 Å². The fourth-order valence-corrected chi connectivity index (χ4v) is 4.34. The van der Waals surface area contributed by atoms with Gasteiger partial charge in [0.1, 0.15) is 0 Å². The molecule has 0 bridgehead atoms. The van der Waals surface area contributed by atoms with Crippen LogP contribution < -0.4 is 5.32 Å². The van der Waals surface area contributed by atoms with Crippen LogP contribution in [0, 0.1) is 0 Å². The normalized spacial score (nSPS) is 12.8. The van der Waals surface area contributed by atoms with Gasteiger partial charge in [0.05, 0.1) is 21.5 Å². The molecule has 0 saturated heterocycles. The Morgan fingerprint density at radius 1 is 1.12 bits per heavy atom. The summed E-state index contributed by atoms with van der Waals surface area (Å²) in [6.07, 6.45) is 0. The van der Waals surface area contributed by atoms with Gasteiger partial charge in [-0.05, 0) is 30.7 Å². The molecule has 2 rings (SSSR count). The van der Waals surface area contributed by atoms with Gasteiger partial charge in [-0.15, -0.1) is 0 Å². The second-order valence-electron chi connectivity index (χ2n) is 5.84. The summed E-state index contributed by atoms with van der Waals surface area (Å²) in [5.41, 5.74) is 1.09. The molecule has 0 heterocycles. The molecule has 0 fully saturated rings. The molecule has 0 aliphatic carbocycles. The maximum absolute atomic E-state index is 12.7. The van der Waals surface area contributed by atoms with Crippen LogP contribution >= 0.6 is 11.6 Å². The lowest BCUT2D eigenvalue weighted by atomic mass is 10.1. The van der Waals surface area contributed by atoms with Crippen LogP contribution in [0.3, 0.4) is 0 Å². The van der Waals surface area contributed by atoms with E-state index in [-0.39, 0.29) is 21.5 Å². The summed E-state index contributed by atoms with van der Waals surface area (Å²) in [6.45, 7) is 6.11. The van der Waals surface area contributed by atoms with Gasteiger partial charge in [-0.3, -0.25) is 4.79 Å². The molecule has 0 aromatic heterocycles. The number of amides is 1. The van der Waals surface area contributed by atoms with Gasteiger partial charge < -0.3 is 5.32 Å². The lowest BCUT2D eigenvalue weighted by molar-refractivity contribution is 0.0940. The second kappa shape index (κ2) is 8.66. The number of nitrogens with one attached hydrogen (secondary N) is 1. The van der Waals surface area contributed by atoms with Gasteiger partial charge in [-0.2, -0.15) is 4.31 Å². The van der Waals surface area contributed by atoms with E-state index in [9.17, 15) is 13.2 Å². The smallest absolute Gasteiger partial charge is 0.253 e. The van der Waals surface area contributed by atoms with E-state index in [1.165, 1.54) is 22.5 Å². The number of carbonyl (C=O) groups excluding carboxylic acids is 1. The lowest BCUT2D eigenvalue weighted by Crippen LogP contribution is -2.31. The molecular formula is C19H23ClN2O3S. The Kier molecular flexibility index (Phi) is 6.81. The van der Waals surface area contributed by atoms with Crippen LogP contribution in [-0.2, 0) is 10.0 Å². The van der Waals surface area contributed by atoms with Gasteiger partial charge in [-0.25, -0.2) is 8.42 Å². The minimum Gasteiger partial charge on any atom is -0.345 e. The van der Waals surface area contributed by atoms with Crippen LogP contribution in [-0.4, -0.2) is 31.7 Å². The molecule has 5 nitrogen and oxygen atoms in total. The van der Waals surface area contributed by atoms with E-state index in [4.69, 9.17) is 11.6 Å². The van der Waals surface area contributed by atoms with E-state index in [0.29, 0.717) is 13.1 Å². The Labute approximate surface area is 160 Å². The molecule has 7 heteroatoms. The topological polar surface area (TPSA) is 66.5 Å².